The monoisotopic (exact) mass is 253 g/mol. The van der Waals surface area contributed by atoms with E-state index in [9.17, 15) is 4.79 Å². The standard InChI is InChI=1S/C11H12ClN3O2/c1-4-17-11(16)8-5-9-13-7(3)6(2)10(12)15(9)14-8/h5H,4H2,1-3H3. The van der Waals surface area contributed by atoms with Crippen LogP contribution in [0.1, 0.15) is 28.7 Å². The summed E-state index contributed by atoms with van der Waals surface area (Å²) in [6.07, 6.45) is 0. The van der Waals surface area contributed by atoms with E-state index in [2.05, 4.69) is 10.1 Å². The topological polar surface area (TPSA) is 56.5 Å². The van der Waals surface area contributed by atoms with E-state index in [-0.39, 0.29) is 5.69 Å². The molecule has 0 N–H and O–H groups in total. The summed E-state index contributed by atoms with van der Waals surface area (Å²) in [6, 6.07) is 1.57. The van der Waals surface area contributed by atoms with Crippen molar-refractivity contribution in [3.05, 3.63) is 28.2 Å². The van der Waals surface area contributed by atoms with Crippen molar-refractivity contribution in [1.29, 1.82) is 0 Å². The summed E-state index contributed by atoms with van der Waals surface area (Å²) in [5.74, 6) is -0.468. The number of esters is 1. The van der Waals surface area contributed by atoms with Crippen LogP contribution in [0.4, 0.5) is 0 Å². The lowest BCUT2D eigenvalue weighted by molar-refractivity contribution is 0.0519. The number of carbonyl (C=O) groups excluding carboxylic acids is 1. The molecule has 90 valence electrons. The number of rotatable bonds is 2. The first-order valence-electron chi connectivity index (χ1n) is 5.24. The van der Waals surface area contributed by atoms with Crippen molar-refractivity contribution in [2.24, 2.45) is 0 Å². The fraction of sp³-hybridized carbons (Fsp3) is 0.364. The molecule has 2 aromatic heterocycles. The second-order valence-corrected chi connectivity index (χ2v) is 3.99. The van der Waals surface area contributed by atoms with Crippen LogP contribution in [0.3, 0.4) is 0 Å². The number of halogens is 1. The summed E-state index contributed by atoms with van der Waals surface area (Å²) in [7, 11) is 0. The Labute approximate surface area is 103 Å². The molecule has 0 aliphatic carbocycles. The highest BCUT2D eigenvalue weighted by molar-refractivity contribution is 6.30. The largest absolute Gasteiger partial charge is 0.461 e. The van der Waals surface area contributed by atoms with Crippen LogP contribution in [-0.4, -0.2) is 27.2 Å². The molecule has 0 aliphatic rings. The predicted octanol–water partition coefficient (Wildman–Crippen LogP) is 2.18. The highest BCUT2D eigenvalue weighted by atomic mass is 35.5. The van der Waals surface area contributed by atoms with Crippen LogP contribution < -0.4 is 0 Å². The van der Waals surface area contributed by atoms with Crippen molar-refractivity contribution in [3.63, 3.8) is 0 Å². The average Bonchev–Trinajstić information content (AvgIpc) is 2.70. The van der Waals surface area contributed by atoms with Crippen molar-refractivity contribution >= 4 is 23.2 Å². The number of aryl methyl sites for hydroxylation is 1. The van der Waals surface area contributed by atoms with Gasteiger partial charge >= 0.3 is 5.97 Å². The molecular weight excluding hydrogens is 242 g/mol. The minimum Gasteiger partial charge on any atom is -0.461 e. The Kier molecular flexibility index (Phi) is 3.02. The van der Waals surface area contributed by atoms with Crippen LogP contribution in [-0.2, 0) is 4.74 Å². The normalized spacial score (nSPS) is 10.8. The Morgan fingerprint density at radius 2 is 2.24 bits per heavy atom. The Balaban J connectivity index is 2.58. The molecule has 6 heteroatoms. The van der Waals surface area contributed by atoms with E-state index in [1.165, 1.54) is 4.52 Å². The lowest BCUT2D eigenvalue weighted by atomic mass is 10.3. The summed E-state index contributed by atoms with van der Waals surface area (Å²) in [6.45, 7) is 5.77. The second-order valence-electron chi connectivity index (χ2n) is 3.63. The van der Waals surface area contributed by atoms with Gasteiger partial charge in [0.15, 0.2) is 11.3 Å². The van der Waals surface area contributed by atoms with E-state index in [0.29, 0.717) is 17.4 Å². The van der Waals surface area contributed by atoms with Gasteiger partial charge in [0.25, 0.3) is 0 Å². The molecule has 5 nitrogen and oxygen atoms in total. The maximum atomic E-state index is 11.5. The molecule has 0 unspecified atom stereocenters. The zero-order valence-electron chi connectivity index (χ0n) is 9.82. The van der Waals surface area contributed by atoms with E-state index >= 15 is 0 Å². The molecule has 0 saturated carbocycles. The van der Waals surface area contributed by atoms with Gasteiger partial charge in [0.1, 0.15) is 5.15 Å². The van der Waals surface area contributed by atoms with Crippen LogP contribution in [0.15, 0.2) is 6.07 Å². The number of hydrogen-bond donors (Lipinski definition) is 0. The second kappa shape index (κ2) is 4.33. The maximum absolute atomic E-state index is 11.5. The third kappa shape index (κ3) is 1.98. The van der Waals surface area contributed by atoms with E-state index < -0.39 is 5.97 Å². The zero-order valence-corrected chi connectivity index (χ0v) is 10.6. The Morgan fingerprint density at radius 3 is 2.88 bits per heavy atom. The molecule has 0 bridgehead atoms. The minimum absolute atomic E-state index is 0.214. The van der Waals surface area contributed by atoms with Crippen LogP contribution in [0.5, 0.6) is 0 Å². The summed E-state index contributed by atoms with van der Waals surface area (Å²) >= 11 is 6.13. The highest BCUT2D eigenvalue weighted by Crippen LogP contribution is 2.19. The Morgan fingerprint density at radius 1 is 1.53 bits per heavy atom. The quantitative estimate of drug-likeness (QED) is 0.608. The summed E-state index contributed by atoms with van der Waals surface area (Å²) < 4.78 is 6.31. The van der Waals surface area contributed by atoms with Crippen molar-refractivity contribution in [3.8, 4) is 0 Å². The van der Waals surface area contributed by atoms with Gasteiger partial charge in [-0.15, -0.1) is 0 Å². The number of aromatic nitrogens is 3. The van der Waals surface area contributed by atoms with E-state index in [1.54, 1.807) is 13.0 Å². The number of nitrogens with zero attached hydrogens (tertiary/aromatic N) is 3. The first-order valence-corrected chi connectivity index (χ1v) is 5.62. The third-order valence-electron chi connectivity index (χ3n) is 2.50. The number of ether oxygens (including phenoxy) is 1. The summed E-state index contributed by atoms with van der Waals surface area (Å²) in [4.78, 5) is 15.8. The van der Waals surface area contributed by atoms with E-state index in [1.807, 2.05) is 13.8 Å². The third-order valence-corrected chi connectivity index (χ3v) is 2.94. The van der Waals surface area contributed by atoms with E-state index in [4.69, 9.17) is 16.3 Å². The van der Waals surface area contributed by atoms with Crippen molar-refractivity contribution in [2.75, 3.05) is 6.61 Å². The van der Waals surface area contributed by atoms with Gasteiger partial charge in [-0.1, -0.05) is 11.6 Å². The molecule has 2 heterocycles. The van der Waals surface area contributed by atoms with Crippen molar-refractivity contribution < 1.29 is 9.53 Å². The van der Waals surface area contributed by atoms with Crippen LogP contribution in [0.2, 0.25) is 5.15 Å². The van der Waals surface area contributed by atoms with Gasteiger partial charge in [-0.25, -0.2) is 14.3 Å². The maximum Gasteiger partial charge on any atom is 0.358 e. The molecule has 2 rings (SSSR count). The van der Waals surface area contributed by atoms with Gasteiger partial charge in [0.2, 0.25) is 0 Å². The first-order chi connectivity index (χ1) is 8.04. The molecule has 0 aromatic carbocycles. The average molecular weight is 254 g/mol. The SMILES string of the molecule is CCOC(=O)c1cc2nc(C)c(C)c(Cl)n2n1. The molecule has 0 aliphatic heterocycles. The van der Waals surface area contributed by atoms with Gasteiger partial charge in [-0.3, -0.25) is 0 Å². The van der Waals surface area contributed by atoms with Gasteiger partial charge in [0.05, 0.1) is 6.61 Å². The highest BCUT2D eigenvalue weighted by Gasteiger charge is 2.15. The lowest BCUT2D eigenvalue weighted by Crippen LogP contribution is -2.05. The van der Waals surface area contributed by atoms with Gasteiger partial charge in [-0.2, -0.15) is 5.10 Å². The lowest BCUT2D eigenvalue weighted by Gasteiger charge is -2.03. The Hall–Kier alpha value is -1.62. The molecular formula is C11H12ClN3O2. The zero-order chi connectivity index (χ0) is 12.6. The van der Waals surface area contributed by atoms with Gasteiger partial charge in [-0.05, 0) is 20.8 Å². The number of fused-ring (bicyclic) bond motifs is 1. The smallest absolute Gasteiger partial charge is 0.358 e. The minimum atomic E-state index is -0.468. The fourth-order valence-corrected chi connectivity index (χ4v) is 1.73. The molecule has 0 fully saturated rings. The molecule has 0 atom stereocenters. The van der Waals surface area contributed by atoms with E-state index in [0.717, 1.165) is 11.3 Å². The molecule has 0 saturated heterocycles. The van der Waals surface area contributed by atoms with Crippen molar-refractivity contribution in [1.82, 2.24) is 14.6 Å². The molecule has 17 heavy (non-hydrogen) atoms. The molecule has 0 spiro atoms. The predicted molar refractivity (Wildman–Crippen MR) is 63.4 cm³/mol. The van der Waals surface area contributed by atoms with Crippen LogP contribution in [0.25, 0.3) is 5.65 Å². The van der Waals surface area contributed by atoms with Crippen LogP contribution in [0, 0.1) is 13.8 Å². The summed E-state index contributed by atoms with van der Waals surface area (Å²) in [5.41, 5.74) is 2.42. The molecule has 2 aromatic rings. The Bertz CT molecular complexity index is 592. The first kappa shape index (κ1) is 11.9. The van der Waals surface area contributed by atoms with Gasteiger partial charge < -0.3 is 4.74 Å². The molecule has 0 radical (unpaired) electrons. The van der Waals surface area contributed by atoms with Crippen LogP contribution >= 0.6 is 11.6 Å². The molecule has 0 amide bonds. The summed E-state index contributed by atoms with van der Waals surface area (Å²) in [5, 5.41) is 4.54. The van der Waals surface area contributed by atoms with Gasteiger partial charge in [0, 0.05) is 17.3 Å². The number of carbonyl (C=O) groups is 1. The van der Waals surface area contributed by atoms with Crippen molar-refractivity contribution in [2.45, 2.75) is 20.8 Å². The fourth-order valence-electron chi connectivity index (χ4n) is 1.46. The number of hydrogen-bond acceptors (Lipinski definition) is 4.